The normalized spacial score (nSPS) is 42.0. The van der Waals surface area contributed by atoms with Gasteiger partial charge < -0.3 is 20.1 Å². The molecule has 0 aliphatic heterocycles. The second kappa shape index (κ2) is 21.3. The highest BCUT2D eigenvalue weighted by Gasteiger charge is 2.61. The van der Waals surface area contributed by atoms with Crippen molar-refractivity contribution in [2.45, 2.75) is 214 Å². The second-order valence-corrected chi connectivity index (χ2v) is 26.5. The molecule has 0 spiro atoms. The number of nitrogens with zero attached hydrogens (tertiary/aromatic N) is 2. The number of allylic oxidation sites excluding steroid dienone is 2. The molecular weight excluding hydrogens is 917 g/mol. The summed E-state index contributed by atoms with van der Waals surface area (Å²) in [6.45, 7) is 19.4. The van der Waals surface area contributed by atoms with Crippen molar-refractivity contribution in [3.05, 3.63) is 82.4 Å². The predicted molar refractivity (Wildman–Crippen MR) is 285 cm³/mol. The summed E-state index contributed by atoms with van der Waals surface area (Å²) in [6.07, 6.45) is 34.3. The van der Waals surface area contributed by atoms with Gasteiger partial charge >= 0.3 is 0 Å². The van der Waals surface area contributed by atoms with E-state index in [2.05, 4.69) is 93.4 Å². The SMILES string of the molecule is Brc1ccccn1.CC[C@]1(O)CC[C@@]2(C)C(=CC[C@H]3[C@@H]4CC[C@H]([C@H](C)CCC(O)c5ccccn5)[C@@]4(C)CC[C@@H]32)C1.CC[C@]1(O)CC[C@@]2(C)C(=CC[C@H]3[C@@H]4CC[C@H]([C@H](C)CCC=O)[C@@]4(C)CC[C@@H]32)C1. The number of hydrogen-bond donors (Lipinski definition) is 3. The lowest BCUT2D eigenvalue weighted by Gasteiger charge is -2.59. The van der Waals surface area contributed by atoms with Crippen LogP contribution in [0.25, 0.3) is 0 Å². The van der Waals surface area contributed by atoms with Crippen molar-refractivity contribution in [1.82, 2.24) is 9.97 Å². The molecule has 3 N–H and O–H groups in total. The highest BCUT2D eigenvalue weighted by molar-refractivity contribution is 9.10. The quantitative estimate of drug-likeness (QED) is 0.118. The largest absolute Gasteiger partial charge is 0.390 e. The molecule has 0 radical (unpaired) electrons. The van der Waals surface area contributed by atoms with Crippen molar-refractivity contribution >= 4 is 22.2 Å². The van der Waals surface area contributed by atoms with Crippen molar-refractivity contribution < 1.29 is 20.1 Å². The molecule has 6 nitrogen and oxygen atoms in total. The number of hydrogen-bond acceptors (Lipinski definition) is 6. The van der Waals surface area contributed by atoms with Crippen molar-refractivity contribution in [2.75, 3.05) is 0 Å². The van der Waals surface area contributed by atoms with Crippen molar-refractivity contribution in [2.24, 2.45) is 80.8 Å². The van der Waals surface area contributed by atoms with Gasteiger partial charge in [-0.2, -0.15) is 0 Å². The number of pyridine rings is 2. The zero-order chi connectivity index (χ0) is 49.4. The highest BCUT2D eigenvalue weighted by Crippen LogP contribution is 2.70. The summed E-state index contributed by atoms with van der Waals surface area (Å²) in [5.41, 5.74) is 4.62. The molecule has 0 amide bonds. The van der Waals surface area contributed by atoms with Crippen molar-refractivity contribution in [3.63, 3.8) is 0 Å². The van der Waals surface area contributed by atoms with E-state index in [4.69, 9.17) is 0 Å². The maximum Gasteiger partial charge on any atom is 0.120 e. The molecule has 10 rings (SSSR count). The number of carbonyl (C=O) groups excluding carboxylic acids is 1. The molecule has 2 aromatic heterocycles. The lowest BCUT2D eigenvalue weighted by atomic mass is 9.46. The van der Waals surface area contributed by atoms with Gasteiger partial charge in [-0.15, -0.1) is 0 Å². The number of aliphatic hydroxyl groups excluding tert-OH is 1. The van der Waals surface area contributed by atoms with Crippen molar-refractivity contribution in [1.29, 1.82) is 0 Å². The minimum atomic E-state index is -0.463. The average molecular weight is 1010 g/mol. The number of aromatic nitrogens is 2. The molecule has 0 aromatic carbocycles. The Bertz CT molecular complexity index is 2100. The Morgan fingerprint density at radius 3 is 1.55 bits per heavy atom. The summed E-state index contributed by atoms with van der Waals surface area (Å²) >= 11 is 3.20. The first-order chi connectivity index (χ1) is 32.9. The minimum absolute atomic E-state index is 0.308. The summed E-state index contributed by atoms with van der Waals surface area (Å²) < 4.78 is 0.884. The van der Waals surface area contributed by atoms with Crippen LogP contribution in [-0.2, 0) is 4.79 Å². The molecule has 7 heteroatoms. The van der Waals surface area contributed by atoms with E-state index in [0.29, 0.717) is 33.5 Å². The van der Waals surface area contributed by atoms with Crippen molar-refractivity contribution in [3.8, 4) is 0 Å². The van der Waals surface area contributed by atoms with Gasteiger partial charge in [0.25, 0.3) is 0 Å². The zero-order valence-corrected chi connectivity index (χ0v) is 45.9. The molecule has 69 heavy (non-hydrogen) atoms. The number of carbonyl (C=O) groups is 1. The Labute approximate surface area is 427 Å². The third-order valence-electron chi connectivity index (χ3n) is 22.6. The van der Waals surface area contributed by atoms with Crippen LogP contribution < -0.4 is 0 Å². The van der Waals surface area contributed by atoms with Crippen LogP contribution in [0.5, 0.6) is 0 Å². The molecule has 1 unspecified atom stereocenters. The maximum atomic E-state index is 11.0. The third kappa shape index (κ3) is 10.4. The topological polar surface area (TPSA) is 104 Å². The van der Waals surface area contributed by atoms with Gasteiger partial charge in [0.1, 0.15) is 10.9 Å². The smallest absolute Gasteiger partial charge is 0.120 e. The van der Waals surface area contributed by atoms with E-state index >= 15 is 0 Å². The Hall–Kier alpha value is -2.19. The van der Waals surface area contributed by atoms with E-state index in [-0.39, 0.29) is 0 Å². The zero-order valence-electron chi connectivity index (χ0n) is 44.3. The second-order valence-electron chi connectivity index (χ2n) is 25.7. The number of halogens is 1. The Balaban J connectivity index is 0.000000165. The Morgan fingerprint density at radius 2 is 1.13 bits per heavy atom. The van der Waals surface area contributed by atoms with E-state index in [1.807, 2.05) is 36.4 Å². The van der Waals surface area contributed by atoms with Gasteiger partial charge in [0.2, 0.25) is 0 Å². The Kier molecular flexibility index (Phi) is 16.4. The first-order valence-corrected chi connectivity index (χ1v) is 29.1. The van der Waals surface area contributed by atoms with Crippen LogP contribution >= 0.6 is 15.9 Å². The molecule has 2 aromatic rings. The molecule has 6 fully saturated rings. The van der Waals surface area contributed by atoms with E-state index in [1.54, 1.807) is 23.5 Å². The van der Waals surface area contributed by atoms with E-state index in [0.717, 1.165) is 128 Å². The molecule has 6 saturated carbocycles. The Morgan fingerprint density at radius 1 is 0.638 bits per heavy atom. The summed E-state index contributed by atoms with van der Waals surface area (Å²) in [5.74, 6) is 7.85. The standard InChI is InChI=1S/C31H47NO2.C26H42O2.C5H4BrN/c1-5-31(34)18-17-29(3)22(20-31)10-11-23-25-13-12-24(30(25,4)16-15-26(23)29)21(2)9-14-28(33)27-8-6-7-19-32-27;1-5-26(28)15-14-24(3)19(17-26)8-9-20-22-11-10-21(18(2)7-6-16-27)25(22,4)13-12-23(20)24;6-5-3-1-2-4-7-5/h6-8,10,19,21,23-26,28,33-34H,5,9,11-18,20H2,1-4H3;8,16,18,20-23,28H,5-7,9-15,17H2,1-4H3;1-4H/t21-,23+,24-,25+,26+,28?,29+,30-,31+;18-,20+,21-,22+,23+,24+,25-,26+;/m11./s1. The average Bonchev–Trinajstić information content (AvgIpc) is 3.91. The van der Waals surface area contributed by atoms with Gasteiger partial charge in [0, 0.05) is 18.8 Å². The van der Waals surface area contributed by atoms with E-state index in [9.17, 15) is 20.1 Å². The molecule has 17 atom stereocenters. The molecule has 8 aliphatic carbocycles. The van der Waals surface area contributed by atoms with Crippen LogP contribution in [0.15, 0.2) is 76.7 Å². The van der Waals surface area contributed by atoms with E-state index in [1.165, 1.54) is 77.0 Å². The summed E-state index contributed by atoms with van der Waals surface area (Å²) in [6, 6.07) is 11.5. The summed E-state index contributed by atoms with van der Waals surface area (Å²) in [7, 11) is 0. The predicted octanol–water partition coefficient (Wildman–Crippen LogP) is 15.4. The minimum Gasteiger partial charge on any atom is -0.390 e. The molecule has 0 bridgehead atoms. The summed E-state index contributed by atoms with van der Waals surface area (Å²) in [4.78, 5) is 19.1. The molecule has 8 aliphatic rings. The van der Waals surface area contributed by atoms with Crippen LogP contribution in [0.2, 0.25) is 0 Å². The third-order valence-corrected chi connectivity index (χ3v) is 23.1. The maximum absolute atomic E-state index is 11.0. The number of aliphatic hydroxyl groups is 3. The number of aldehydes is 1. The summed E-state index contributed by atoms with van der Waals surface area (Å²) in [5, 5.41) is 32.6. The number of rotatable bonds is 11. The number of fused-ring (bicyclic) bond motifs is 10. The molecular formula is C62H93BrN2O4. The fourth-order valence-corrected chi connectivity index (χ4v) is 18.5. The van der Waals surface area contributed by atoms with Gasteiger partial charge in [-0.25, -0.2) is 4.98 Å². The van der Waals surface area contributed by atoms with Crippen LogP contribution in [-0.4, -0.2) is 42.8 Å². The monoisotopic (exact) mass is 1010 g/mol. The molecule has 382 valence electrons. The first-order valence-electron chi connectivity index (χ1n) is 28.3. The fourth-order valence-electron chi connectivity index (χ4n) is 18.2. The molecule has 2 heterocycles. The lowest BCUT2D eigenvalue weighted by Crippen LogP contribution is -2.52. The van der Waals surface area contributed by atoms with E-state index < -0.39 is 17.3 Å². The van der Waals surface area contributed by atoms with Crippen LogP contribution in [0, 0.1) is 80.8 Å². The lowest BCUT2D eigenvalue weighted by molar-refractivity contribution is -0.108. The van der Waals surface area contributed by atoms with Gasteiger partial charge in [0.15, 0.2) is 0 Å². The van der Waals surface area contributed by atoms with Gasteiger partial charge in [-0.05, 0) is 256 Å². The van der Waals surface area contributed by atoms with Crippen LogP contribution in [0.4, 0.5) is 0 Å². The van der Waals surface area contributed by atoms with Crippen LogP contribution in [0.3, 0.4) is 0 Å². The highest BCUT2D eigenvalue weighted by atomic mass is 79.9. The van der Waals surface area contributed by atoms with Gasteiger partial charge in [-0.1, -0.05) is 90.8 Å². The van der Waals surface area contributed by atoms with Gasteiger partial charge in [-0.3, -0.25) is 4.98 Å². The van der Waals surface area contributed by atoms with Gasteiger partial charge in [0.05, 0.1) is 23.0 Å². The van der Waals surface area contributed by atoms with Crippen LogP contribution in [0.1, 0.15) is 208 Å². The molecule has 0 saturated heterocycles. The first kappa shape index (κ1) is 53.1. The fraction of sp³-hybridized carbons (Fsp3) is 0.758.